The molecule has 1 aromatic carbocycles. The zero-order valence-corrected chi connectivity index (χ0v) is 12.7. The number of rotatable bonds is 5. The Balaban J connectivity index is 2.00. The van der Waals surface area contributed by atoms with E-state index in [0.717, 1.165) is 12.0 Å². The van der Waals surface area contributed by atoms with Crippen molar-refractivity contribution in [3.05, 3.63) is 35.2 Å². The highest BCUT2D eigenvalue weighted by Crippen LogP contribution is 2.18. The number of carbonyl (C=O) groups excluding carboxylic acids is 1. The Labute approximate surface area is 128 Å². The third-order valence-corrected chi connectivity index (χ3v) is 3.07. The number of nitrogens with zero attached hydrogens (tertiary/aromatic N) is 3. The van der Waals surface area contributed by atoms with E-state index < -0.39 is 0 Å². The highest BCUT2D eigenvalue weighted by atomic mass is 35.5. The number of nitrogens with one attached hydrogen (secondary N) is 1. The maximum atomic E-state index is 11.7. The highest BCUT2D eigenvalue weighted by molar-refractivity contribution is 6.30. The lowest BCUT2D eigenvalue weighted by Crippen LogP contribution is -2.37. The SMILES string of the molecule is CCCNC(=O)N(C)Cc1nc(-c2ccc(Cl)cc2)no1. The number of amides is 2. The molecule has 7 heteroatoms. The second-order valence-corrected chi connectivity index (χ2v) is 5.04. The van der Waals surface area contributed by atoms with Gasteiger partial charge in [0.25, 0.3) is 0 Å². The molecular formula is C14H17ClN4O2. The number of aromatic nitrogens is 2. The van der Waals surface area contributed by atoms with Crippen molar-refractivity contribution in [2.75, 3.05) is 13.6 Å². The molecule has 21 heavy (non-hydrogen) atoms. The predicted molar refractivity (Wildman–Crippen MR) is 79.9 cm³/mol. The Morgan fingerprint density at radius 3 is 2.76 bits per heavy atom. The molecule has 0 saturated heterocycles. The summed E-state index contributed by atoms with van der Waals surface area (Å²) in [4.78, 5) is 17.5. The van der Waals surface area contributed by atoms with Gasteiger partial charge in [-0.2, -0.15) is 4.98 Å². The first-order chi connectivity index (χ1) is 10.1. The van der Waals surface area contributed by atoms with Gasteiger partial charge in [0.2, 0.25) is 11.7 Å². The topological polar surface area (TPSA) is 71.3 Å². The van der Waals surface area contributed by atoms with Gasteiger partial charge >= 0.3 is 6.03 Å². The number of benzene rings is 1. The number of halogens is 1. The molecule has 0 atom stereocenters. The van der Waals surface area contributed by atoms with Crippen LogP contribution in [0.2, 0.25) is 5.02 Å². The Hall–Kier alpha value is -2.08. The van der Waals surface area contributed by atoms with Gasteiger partial charge in [-0.25, -0.2) is 4.79 Å². The second kappa shape index (κ2) is 7.08. The minimum atomic E-state index is -0.164. The molecule has 0 aliphatic heterocycles. The van der Waals surface area contributed by atoms with Crippen molar-refractivity contribution >= 4 is 17.6 Å². The van der Waals surface area contributed by atoms with Gasteiger partial charge in [-0.3, -0.25) is 0 Å². The maximum Gasteiger partial charge on any atom is 0.317 e. The molecule has 0 bridgehead atoms. The molecule has 1 aromatic heterocycles. The minimum absolute atomic E-state index is 0.164. The fourth-order valence-electron chi connectivity index (χ4n) is 1.68. The minimum Gasteiger partial charge on any atom is -0.338 e. The quantitative estimate of drug-likeness (QED) is 0.922. The van der Waals surface area contributed by atoms with Crippen molar-refractivity contribution in [1.29, 1.82) is 0 Å². The molecule has 0 radical (unpaired) electrons. The summed E-state index contributed by atoms with van der Waals surface area (Å²) in [7, 11) is 1.68. The van der Waals surface area contributed by atoms with E-state index in [-0.39, 0.29) is 12.6 Å². The molecule has 112 valence electrons. The van der Waals surface area contributed by atoms with E-state index >= 15 is 0 Å². The lowest BCUT2D eigenvalue weighted by Gasteiger charge is -2.15. The lowest BCUT2D eigenvalue weighted by atomic mass is 10.2. The second-order valence-electron chi connectivity index (χ2n) is 4.61. The molecule has 1 heterocycles. The van der Waals surface area contributed by atoms with Crippen molar-refractivity contribution in [3.8, 4) is 11.4 Å². The summed E-state index contributed by atoms with van der Waals surface area (Å²) in [5.74, 6) is 0.859. The van der Waals surface area contributed by atoms with Gasteiger partial charge in [-0.1, -0.05) is 23.7 Å². The van der Waals surface area contributed by atoms with E-state index in [9.17, 15) is 4.79 Å². The summed E-state index contributed by atoms with van der Waals surface area (Å²) in [6.45, 7) is 2.90. The average molecular weight is 309 g/mol. The first-order valence-electron chi connectivity index (χ1n) is 6.67. The van der Waals surface area contributed by atoms with Crippen molar-refractivity contribution in [3.63, 3.8) is 0 Å². The highest BCUT2D eigenvalue weighted by Gasteiger charge is 2.14. The smallest absolute Gasteiger partial charge is 0.317 e. The van der Waals surface area contributed by atoms with Crippen LogP contribution in [0, 0.1) is 0 Å². The monoisotopic (exact) mass is 308 g/mol. The first kappa shape index (κ1) is 15.3. The van der Waals surface area contributed by atoms with Crippen molar-refractivity contribution < 1.29 is 9.32 Å². The Morgan fingerprint density at radius 1 is 1.38 bits per heavy atom. The Morgan fingerprint density at radius 2 is 2.10 bits per heavy atom. The lowest BCUT2D eigenvalue weighted by molar-refractivity contribution is 0.199. The van der Waals surface area contributed by atoms with Crippen LogP contribution in [0.15, 0.2) is 28.8 Å². The first-order valence-corrected chi connectivity index (χ1v) is 7.05. The van der Waals surface area contributed by atoms with Crippen LogP contribution in [0.25, 0.3) is 11.4 Å². The van der Waals surface area contributed by atoms with E-state index in [2.05, 4.69) is 15.5 Å². The van der Waals surface area contributed by atoms with E-state index in [1.165, 1.54) is 4.90 Å². The molecule has 0 aliphatic rings. The summed E-state index contributed by atoms with van der Waals surface area (Å²) in [5.41, 5.74) is 0.812. The van der Waals surface area contributed by atoms with Crippen LogP contribution in [0.1, 0.15) is 19.2 Å². The van der Waals surface area contributed by atoms with Gasteiger partial charge in [0.05, 0.1) is 0 Å². The fraction of sp³-hybridized carbons (Fsp3) is 0.357. The van der Waals surface area contributed by atoms with Crippen LogP contribution in [0.5, 0.6) is 0 Å². The summed E-state index contributed by atoms with van der Waals surface area (Å²) in [5, 5.41) is 7.33. The zero-order chi connectivity index (χ0) is 15.2. The van der Waals surface area contributed by atoms with Gasteiger partial charge in [0, 0.05) is 24.2 Å². The average Bonchev–Trinajstić information content (AvgIpc) is 2.93. The molecule has 6 nitrogen and oxygen atoms in total. The van der Waals surface area contributed by atoms with Crippen LogP contribution < -0.4 is 5.32 Å². The van der Waals surface area contributed by atoms with Crippen LogP contribution in [0.3, 0.4) is 0 Å². The summed E-state index contributed by atoms with van der Waals surface area (Å²) >= 11 is 5.83. The molecule has 2 amide bonds. The fourth-order valence-corrected chi connectivity index (χ4v) is 1.80. The van der Waals surface area contributed by atoms with Crippen LogP contribution >= 0.6 is 11.6 Å². The van der Waals surface area contributed by atoms with Gasteiger partial charge in [0.15, 0.2) is 0 Å². The molecule has 2 aromatic rings. The van der Waals surface area contributed by atoms with Crippen LogP contribution in [-0.2, 0) is 6.54 Å². The van der Waals surface area contributed by atoms with Crippen LogP contribution in [0.4, 0.5) is 4.79 Å². The third-order valence-electron chi connectivity index (χ3n) is 2.82. The molecule has 0 unspecified atom stereocenters. The maximum absolute atomic E-state index is 11.7. The number of hydrogen-bond donors (Lipinski definition) is 1. The number of carbonyl (C=O) groups is 1. The van der Waals surface area contributed by atoms with Gasteiger partial charge < -0.3 is 14.7 Å². The zero-order valence-electron chi connectivity index (χ0n) is 12.0. The largest absolute Gasteiger partial charge is 0.338 e. The van der Waals surface area contributed by atoms with E-state index in [1.54, 1.807) is 19.2 Å². The van der Waals surface area contributed by atoms with Gasteiger partial charge in [-0.15, -0.1) is 0 Å². The van der Waals surface area contributed by atoms with E-state index in [0.29, 0.717) is 23.3 Å². The van der Waals surface area contributed by atoms with E-state index in [4.69, 9.17) is 16.1 Å². The Bertz CT molecular complexity index is 597. The van der Waals surface area contributed by atoms with Gasteiger partial charge in [0.1, 0.15) is 6.54 Å². The van der Waals surface area contributed by atoms with Crippen molar-refractivity contribution in [2.45, 2.75) is 19.9 Å². The van der Waals surface area contributed by atoms with E-state index in [1.807, 2.05) is 19.1 Å². The molecule has 0 aliphatic carbocycles. The molecular weight excluding hydrogens is 292 g/mol. The number of hydrogen-bond acceptors (Lipinski definition) is 4. The summed E-state index contributed by atoms with van der Waals surface area (Å²) in [6.07, 6.45) is 0.890. The van der Waals surface area contributed by atoms with Crippen molar-refractivity contribution in [1.82, 2.24) is 20.4 Å². The normalized spacial score (nSPS) is 10.4. The van der Waals surface area contributed by atoms with Crippen molar-refractivity contribution in [2.24, 2.45) is 0 Å². The molecule has 0 saturated carbocycles. The standard InChI is InChI=1S/C14H17ClN4O2/c1-3-8-16-14(20)19(2)9-12-17-13(18-21-12)10-4-6-11(15)7-5-10/h4-7H,3,8-9H2,1-2H3,(H,16,20). The Kier molecular flexibility index (Phi) is 5.16. The van der Waals surface area contributed by atoms with Gasteiger partial charge in [-0.05, 0) is 30.7 Å². The predicted octanol–water partition coefficient (Wildman–Crippen LogP) is 2.94. The van der Waals surface area contributed by atoms with Crippen LogP contribution in [-0.4, -0.2) is 34.7 Å². The molecule has 0 fully saturated rings. The molecule has 0 spiro atoms. The number of urea groups is 1. The summed E-state index contributed by atoms with van der Waals surface area (Å²) < 4.78 is 5.16. The molecule has 2 rings (SSSR count). The summed E-state index contributed by atoms with van der Waals surface area (Å²) in [6, 6.07) is 6.99. The third kappa shape index (κ3) is 4.19. The molecule has 1 N–H and O–H groups in total.